The van der Waals surface area contributed by atoms with Crippen molar-refractivity contribution in [1.29, 1.82) is 0 Å². The second kappa shape index (κ2) is 7.43. The molecule has 0 aliphatic carbocycles. The molecule has 2 heterocycles. The van der Waals surface area contributed by atoms with Gasteiger partial charge in [-0.3, -0.25) is 4.79 Å². The molecule has 4 nitrogen and oxygen atoms in total. The van der Waals surface area contributed by atoms with Crippen molar-refractivity contribution in [2.24, 2.45) is 0 Å². The number of thiophene rings is 1. The maximum Gasteiger partial charge on any atom is 0.227 e. The molecule has 1 aliphatic rings. The maximum atomic E-state index is 13.9. The number of hydrogen-bond acceptors (Lipinski definition) is 4. The number of hydrogen-bond donors (Lipinski definition) is 0. The molecule has 1 aromatic heterocycles. The summed E-state index contributed by atoms with van der Waals surface area (Å²) in [6.45, 7) is 0.446. The molecular formula is C17H17ClFNO3S2. The van der Waals surface area contributed by atoms with Gasteiger partial charge in [0.05, 0.1) is 17.4 Å². The van der Waals surface area contributed by atoms with Crippen LogP contribution in [0.1, 0.15) is 22.1 Å². The number of rotatable bonds is 3. The summed E-state index contributed by atoms with van der Waals surface area (Å²) >= 11 is 7.38. The largest absolute Gasteiger partial charge is 0.341 e. The van der Waals surface area contributed by atoms with Gasteiger partial charge in [-0.2, -0.15) is 0 Å². The van der Waals surface area contributed by atoms with Crippen LogP contribution in [0.5, 0.6) is 0 Å². The Morgan fingerprint density at radius 1 is 1.28 bits per heavy atom. The van der Waals surface area contributed by atoms with Gasteiger partial charge in [-0.1, -0.05) is 23.7 Å². The van der Waals surface area contributed by atoms with Crippen LogP contribution in [0.25, 0.3) is 0 Å². The van der Waals surface area contributed by atoms with Crippen molar-refractivity contribution in [3.8, 4) is 0 Å². The Labute approximate surface area is 155 Å². The van der Waals surface area contributed by atoms with Gasteiger partial charge in [-0.25, -0.2) is 12.8 Å². The van der Waals surface area contributed by atoms with Crippen LogP contribution in [0, 0.1) is 5.82 Å². The standard InChI is InChI=1S/C17H17ClFNO3S2/c18-13-3-1-4-14(19)12(13)11-17(21)20-7-6-16(15-5-2-9-24-15)25(22,23)10-8-20/h1-5,9,16H,6-8,10-11H2/t16-/m1/s1. The van der Waals surface area contributed by atoms with Crippen molar-refractivity contribution in [3.63, 3.8) is 0 Å². The van der Waals surface area contributed by atoms with E-state index in [1.807, 2.05) is 17.5 Å². The van der Waals surface area contributed by atoms with Crippen LogP contribution in [-0.4, -0.2) is 38.1 Å². The number of halogens is 2. The van der Waals surface area contributed by atoms with Crippen molar-refractivity contribution in [2.75, 3.05) is 18.8 Å². The molecule has 25 heavy (non-hydrogen) atoms. The lowest BCUT2D eigenvalue weighted by Crippen LogP contribution is -2.35. The molecule has 0 saturated carbocycles. The SMILES string of the molecule is O=C(Cc1c(F)cccc1Cl)N1CC[C@H](c2cccs2)S(=O)(=O)CC1. The van der Waals surface area contributed by atoms with Gasteiger partial charge in [-0.05, 0) is 30.0 Å². The Hall–Kier alpha value is -1.44. The van der Waals surface area contributed by atoms with Crippen molar-refractivity contribution in [1.82, 2.24) is 4.90 Å². The van der Waals surface area contributed by atoms with Crippen LogP contribution < -0.4 is 0 Å². The molecule has 2 aromatic rings. The van der Waals surface area contributed by atoms with E-state index >= 15 is 0 Å². The lowest BCUT2D eigenvalue weighted by Gasteiger charge is -2.20. The first-order valence-corrected chi connectivity index (χ1v) is 10.8. The van der Waals surface area contributed by atoms with Crippen molar-refractivity contribution >= 4 is 38.7 Å². The Morgan fingerprint density at radius 2 is 2.08 bits per heavy atom. The monoisotopic (exact) mass is 401 g/mol. The summed E-state index contributed by atoms with van der Waals surface area (Å²) in [4.78, 5) is 14.8. The van der Waals surface area contributed by atoms with Gasteiger partial charge in [0, 0.05) is 28.6 Å². The van der Waals surface area contributed by atoms with E-state index in [0.717, 1.165) is 4.88 Å². The number of carbonyl (C=O) groups excluding carboxylic acids is 1. The molecule has 0 radical (unpaired) electrons. The first kappa shape index (κ1) is 18.4. The molecule has 1 fully saturated rings. The molecule has 134 valence electrons. The van der Waals surface area contributed by atoms with Crippen LogP contribution in [0.2, 0.25) is 5.02 Å². The first-order valence-electron chi connectivity index (χ1n) is 7.84. The highest BCUT2D eigenvalue weighted by atomic mass is 35.5. The number of benzene rings is 1. The van der Waals surface area contributed by atoms with Gasteiger partial charge in [0.1, 0.15) is 5.82 Å². The maximum absolute atomic E-state index is 13.9. The average Bonchev–Trinajstić information content (AvgIpc) is 3.02. The molecule has 1 atom stereocenters. The summed E-state index contributed by atoms with van der Waals surface area (Å²) in [7, 11) is -3.32. The van der Waals surface area contributed by atoms with Crippen LogP contribution in [-0.2, 0) is 21.1 Å². The lowest BCUT2D eigenvalue weighted by molar-refractivity contribution is -0.130. The van der Waals surface area contributed by atoms with Crippen LogP contribution >= 0.6 is 22.9 Å². The molecule has 3 rings (SSSR count). The Morgan fingerprint density at radius 3 is 2.76 bits per heavy atom. The van der Waals surface area contributed by atoms with Gasteiger partial charge < -0.3 is 4.90 Å². The third-order valence-corrected chi connectivity index (χ3v) is 7.94. The highest BCUT2D eigenvalue weighted by Crippen LogP contribution is 2.32. The molecule has 1 amide bonds. The predicted octanol–water partition coefficient (Wildman–Crippen LogP) is 3.47. The van der Waals surface area contributed by atoms with Crippen LogP contribution in [0.15, 0.2) is 35.7 Å². The van der Waals surface area contributed by atoms with E-state index in [-0.39, 0.29) is 35.2 Å². The highest BCUT2D eigenvalue weighted by molar-refractivity contribution is 7.91. The van der Waals surface area contributed by atoms with Gasteiger partial charge >= 0.3 is 0 Å². The van der Waals surface area contributed by atoms with Gasteiger partial charge in [-0.15, -0.1) is 11.3 Å². The summed E-state index contributed by atoms with van der Waals surface area (Å²) in [5, 5.41) is 1.47. The second-order valence-corrected chi connectivity index (χ2v) is 9.61. The van der Waals surface area contributed by atoms with Crippen molar-refractivity contribution in [3.05, 3.63) is 57.0 Å². The molecule has 8 heteroatoms. The third kappa shape index (κ3) is 4.04. The second-order valence-electron chi connectivity index (χ2n) is 5.92. The van der Waals surface area contributed by atoms with Gasteiger partial charge in [0.25, 0.3) is 0 Å². The van der Waals surface area contributed by atoms with E-state index in [1.54, 1.807) is 0 Å². The number of sulfone groups is 1. The molecule has 1 aromatic carbocycles. The molecule has 0 N–H and O–H groups in total. The predicted molar refractivity (Wildman–Crippen MR) is 97.2 cm³/mol. The fourth-order valence-corrected chi connectivity index (χ4v) is 6.19. The third-order valence-electron chi connectivity index (χ3n) is 4.34. The van der Waals surface area contributed by atoms with E-state index in [2.05, 4.69) is 0 Å². The van der Waals surface area contributed by atoms with Crippen LogP contribution in [0.4, 0.5) is 4.39 Å². The number of amides is 1. The summed E-state index contributed by atoms with van der Waals surface area (Å²) in [6, 6.07) is 7.91. The van der Waals surface area contributed by atoms with E-state index in [1.165, 1.54) is 34.4 Å². The summed E-state index contributed by atoms with van der Waals surface area (Å²) in [5.41, 5.74) is 0.149. The fourth-order valence-electron chi connectivity index (χ4n) is 2.95. The van der Waals surface area contributed by atoms with E-state index in [0.29, 0.717) is 13.0 Å². The average molecular weight is 402 g/mol. The minimum atomic E-state index is -3.32. The van der Waals surface area contributed by atoms with Gasteiger partial charge in [0.15, 0.2) is 9.84 Å². The first-order chi connectivity index (χ1) is 11.9. The molecule has 1 saturated heterocycles. The topological polar surface area (TPSA) is 54.5 Å². The summed E-state index contributed by atoms with van der Waals surface area (Å²) < 4.78 is 38.9. The Balaban J connectivity index is 1.75. The molecule has 0 unspecified atom stereocenters. The molecule has 0 bridgehead atoms. The zero-order chi connectivity index (χ0) is 18.0. The van der Waals surface area contributed by atoms with Crippen molar-refractivity contribution < 1.29 is 17.6 Å². The number of nitrogens with zero attached hydrogens (tertiary/aromatic N) is 1. The fraction of sp³-hybridized carbons (Fsp3) is 0.353. The minimum absolute atomic E-state index is 0.0910. The number of carbonyl (C=O) groups is 1. The van der Waals surface area contributed by atoms with Gasteiger partial charge in [0.2, 0.25) is 5.91 Å². The van der Waals surface area contributed by atoms with E-state index in [9.17, 15) is 17.6 Å². The molecular weight excluding hydrogens is 385 g/mol. The van der Waals surface area contributed by atoms with E-state index < -0.39 is 20.9 Å². The highest BCUT2D eigenvalue weighted by Gasteiger charge is 2.33. The normalized spacial score (nSPS) is 20.2. The van der Waals surface area contributed by atoms with E-state index in [4.69, 9.17) is 11.6 Å². The summed E-state index contributed by atoms with van der Waals surface area (Å²) in [6.07, 6.45) is 0.175. The zero-order valence-electron chi connectivity index (χ0n) is 13.3. The Bertz CT molecular complexity index is 848. The molecule has 0 spiro atoms. The smallest absolute Gasteiger partial charge is 0.227 e. The van der Waals surface area contributed by atoms with Crippen molar-refractivity contribution in [2.45, 2.75) is 18.1 Å². The Kier molecular flexibility index (Phi) is 5.46. The lowest BCUT2D eigenvalue weighted by atomic mass is 10.1. The van der Waals surface area contributed by atoms with Crippen LogP contribution in [0.3, 0.4) is 0 Å². The zero-order valence-corrected chi connectivity index (χ0v) is 15.7. The molecule has 1 aliphatic heterocycles. The summed E-state index contributed by atoms with van der Waals surface area (Å²) in [5.74, 6) is -0.930. The minimum Gasteiger partial charge on any atom is -0.341 e. The quantitative estimate of drug-likeness (QED) is 0.791.